The first-order valence-corrected chi connectivity index (χ1v) is 25.4. The smallest absolute Gasteiger partial charge is 0.455 e. The third-order valence-corrected chi connectivity index (χ3v) is 19.3. The Balaban J connectivity index is 1.26. The zero-order chi connectivity index (χ0) is 49.6. The van der Waals surface area contributed by atoms with Gasteiger partial charge in [-0.2, -0.15) is 26.3 Å². The molecule has 3 aliphatic rings. The number of hydrogen-bond acceptors (Lipinski definition) is 7. The Kier molecular flexibility index (Phi) is 14.2. The van der Waals surface area contributed by atoms with E-state index in [1.54, 1.807) is 12.1 Å². The first-order valence-electron chi connectivity index (χ1n) is 22.4. The zero-order valence-corrected chi connectivity index (χ0v) is 41.2. The van der Waals surface area contributed by atoms with Crippen molar-refractivity contribution in [2.75, 3.05) is 18.6 Å². The van der Waals surface area contributed by atoms with Gasteiger partial charge in [-0.3, -0.25) is 9.59 Å². The average Bonchev–Trinajstić information content (AvgIpc) is 3.56. The summed E-state index contributed by atoms with van der Waals surface area (Å²) in [4.78, 5) is 29.9. The third-order valence-electron chi connectivity index (χ3n) is 13.5. The molecule has 360 valence electrons. The molecule has 17 heteroatoms. The van der Waals surface area contributed by atoms with Crippen LogP contribution in [0.3, 0.4) is 0 Å². The Bertz CT molecular complexity index is 2710. The summed E-state index contributed by atoms with van der Waals surface area (Å²) in [7, 11) is -3.27. The predicted octanol–water partition coefficient (Wildman–Crippen LogP) is 10.9. The monoisotopic (exact) mass is 1080 g/mol. The number of carbonyl (C=O) groups is 2. The van der Waals surface area contributed by atoms with E-state index in [1.165, 1.54) is 7.11 Å². The van der Waals surface area contributed by atoms with Crippen molar-refractivity contribution < 1.29 is 59.9 Å². The molecule has 8 nitrogen and oxygen atoms in total. The average molecular weight is 1080 g/mol. The highest BCUT2D eigenvalue weighted by Crippen LogP contribution is 2.53. The number of phenolic OH excluding ortho intramolecular Hbond substituents is 1. The van der Waals surface area contributed by atoms with E-state index in [4.69, 9.17) is 13.8 Å². The van der Waals surface area contributed by atoms with Gasteiger partial charge < -0.3 is 23.9 Å². The standard InChI is InChI=1S/C52H49BF6INO7Si/c1-50(2,3)69(38-16-10-6-11-17-38,39-18-12-7-13-19-39)67-30-34-25-40-46(49(64)61(48(40)63)37-27-35(51(54,55)56)26-36(28-37)52(57,58)59)41-29-53(65)68-43(45(34)41)21-20-33(32-14-8-5-9-15-32)22-31-23-42(60)47(62)44(24-31)66-4/h5-19,22-24,26-28,40-41,43,46,62,65H,20-21,25,29-30H2,1-4H3/b33-22-/t40-,41+,43-,46-/m1/s1. The van der Waals surface area contributed by atoms with Gasteiger partial charge >= 0.3 is 19.5 Å². The topological polar surface area (TPSA) is 106 Å². The molecule has 2 N–H and O–H groups in total. The molecule has 69 heavy (non-hydrogen) atoms. The number of nitrogens with zero attached hydrogens (tertiary/aromatic N) is 1. The molecular formula is C52H49BF6INO7Si. The number of halogens is 7. The summed E-state index contributed by atoms with van der Waals surface area (Å²) in [6.45, 7) is 6.24. The number of phenols is 1. The van der Waals surface area contributed by atoms with E-state index in [1.807, 2.05) is 120 Å². The molecule has 0 aromatic heterocycles. The maximum atomic E-state index is 14.8. The third kappa shape index (κ3) is 9.94. The van der Waals surface area contributed by atoms with Crippen LogP contribution in [0.25, 0.3) is 11.6 Å². The lowest BCUT2D eigenvalue weighted by molar-refractivity contribution is -0.143. The lowest BCUT2D eigenvalue weighted by Gasteiger charge is -2.46. The second kappa shape index (κ2) is 19.5. The van der Waals surface area contributed by atoms with E-state index in [-0.39, 0.29) is 43.3 Å². The van der Waals surface area contributed by atoms with E-state index in [0.29, 0.717) is 38.2 Å². The number of methoxy groups -OCH3 is 1. The van der Waals surface area contributed by atoms with Gasteiger partial charge in [0, 0.05) is 0 Å². The van der Waals surface area contributed by atoms with Gasteiger partial charge in [0.25, 0.3) is 8.32 Å². The van der Waals surface area contributed by atoms with Crippen molar-refractivity contribution in [3.63, 3.8) is 0 Å². The normalized spacial score (nSPS) is 20.3. The second-order valence-corrected chi connectivity index (χ2v) is 24.1. The summed E-state index contributed by atoms with van der Waals surface area (Å²) in [5.74, 6) is -4.98. The molecule has 0 bridgehead atoms. The summed E-state index contributed by atoms with van der Waals surface area (Å²) in [5, 5.41) is 23.6. The number of ether oxygens (including phenoxy) is 1. The van der Waals surface area contributed by atoms with Crippen molar-refractivity contribution in [1.82, 2.24) is 0 Å². The van der Waals surface area contributed by atoms with Crippen LogP contribution in [0.2, 0.25) is 11.4 Å². The number of fused-ring (bicyclic) bond motifs is 3. The Hall–Kier alpha value is -5.21. The van der Waals surface area contributed by atoms with Crippen LogP contribution in [-0.2, 0) is 31.0 Å². The molecule has 5 aromatic carbocycles. The van der Waals surface area contributed by atoms with Gasteiger partial charge in [-0.25, -0.2) is 4.90 Å². The van der Waals surface area contributed by atoms with Crippen LogP contribution in [0.15, 0.2) is 132 Å². The minimum atomic E-state index is -5.23. The lowest BCUT2D eigenvalue weighted by atomic mass is 9.58. The van der Waals surface area contributed by atoms with Crippen LogP contribution in [0.5, 0.6) is 11.5 Å². The number of hydrogen-bond donors (Lipinski definition) is 2. The molecule has 2 aliphatic heterocycles. The molecule has 0 saturated carbocycles. The van der Waals surface area contributed by atoms with E-state index in [2.05, 4.69) is 20.8 Å². The number of anilines is 1. The maximum Gasteiger partial charge on any atom is 0.455 e. The number of imide groups is 1. The summed E-state index contributed by atoms with van der Waals surface area (Å²) in [6, 6.07) is 33.5. The number of aromatic hydroxyl groups is 1. The lowest BCUT2D eigenvalue weighted by Crippen LogP contribution is -2.66. The highest BCUT2D eigenvalue weighted by molar-refractivity contribution is 14.1. The molecule has 0 spiro atoms. The van der Waals surface area contributed by atoms with Gasteiger partial charge in [-0.1, -0.05) is 118 Å². The van der Waals surface area contributed by atoms with Crippen LogP contribution in [-0.4, -0.2) is 57.2 Å². The SMILES string of the molecule is COc1cc(/C=C(/CC[C@H]2OB(O)C[C@H]3C2=C(CO[Si](c2ccccc2)(c2ccccc2)C(C)(C)C)C[C@H]2C(=O)N(c4cc(C(F)(F)F)cc(C(F)(F)F)c4)C(=O)[C@H]23)c2ccccc2)cc(I)c1O. The summed E-state index contributed by atoms with van der Waals surface area (Å²) >= 11 is 2.02. The summed E-state index contributed by atoms with van der Waals surface area (Å²) < 4.78 is 105. The summed E-state index contributed by atoms with van der Waals surface area (Å²) in [6.07, 6.45) is -9.07. The van der Waals surface area contributed by atoms with Gasteiger partial charge in [-0.15, -0.1) is 0 Å². The molecule has 2 amide bonds. The van der Waals surface area contributed by atoms with E-state index >= 15 is 0 Å². The Morgan fingerprint density at radius 3 is 1.93 bits per heavy atom. The van der Waals surface area contributed by atoms with Gasteiger partial charge in [0.15, 0.2) is 11.5 Å². The molecule has 2 saturated heterocycles. The molecular weight excluding hydrogens is 1030 g/mol. The van der Waals surface area contributed by atoms with Crippen LogP contribution >= 0.6 is 22.6 Å². The quantitative estimate of drug-likeness (QED) is 0.0320. The predicted molar refractivity (Wildman–Crippen MR) is 263 cm³/mol. The molecule has 5 aromatic rings. The minimum absolute atomic E-state index is 0.00476. The van der Waals surface area contributed by atoms with Crippen LogP contribution < -0.4 is 20.0 Å². The zero-order valence-electron chi connectivity index (χ0n) is 38.1. The molecule has 0 radical (unpaired) electrons. The summed E-state index contributed by atoms with van der Waals surface area (Å²) in [5.41, 5.74) is -0.499. The largest absolute Gasteiger partial charge is 0.504 e. The van der Waals surface area contributed by atoms with E-state index < -0.39 is 85.3 Å². The number of allylic oxidation sites excluding steroid dienone is 1. The fourth-order valence-corrected chi connectivity index (χ4v) is 15.6. The molecule has 2 heterocycles. The number of alkyl halides is 6. The highest BCUT2D eigenvalue weighted by atomic mass is 127. The fourth-order valence-electron chi connectivity index (χ4n) is 10.4. The van der Waals surface area contributed by atoms with Crippen molar-refractivity contribution in [3.8, 4) is 11.5 Å². The van der Waals surface area contributed by atoms with Gasteiger partial charge in [-0.05, 0) is 128 Å². The first-order chi connectivity index (χ1) is 32.6. The Labute approximate surface area is 411 Å². The van der Waals surface area contributed by atoms with Crippen molar-refractivity contribution in [2.24, 2.45) is 17.8 Å². The molecule has 0 unspecified atom stereocenters. The second-order valence-electron chi connectivity index (χ2n) is 18.7. The fraction of sp³-hybridized carbons (Fsp3) is 0.308. The van der Waals surface area contributed by atoms with Crippen LogP contribution in [0, 0.1) is 21.3 Å². The van der Waals surface area contributed by atoms with Crippen molar-refractivity contribution in [1.29, 1.82) is 0 Å². The maximum absolute atomic E-state index is 14.8. The number of rotatable bonds is 12. The van der Waals surface area contributed by atoms with Gasteiger partial charge in [0.2, 0.25) is 11.8 Å². The molecule has 2 fully saturated rings. The Morgan fingerprint density at radius 1 is 0.826 bits per heavy atom. The molecule has 1 aliphatic carbocycles. The van der Waals surface area contributed by atoms with Crippen molar-refractivity contribution >= 4 is 77.6 Å². The van der Waals surface area contributed by atoms with E-state index in [9.17, 15) is 46.1 Å². The Morgan fingerprint density at radius 2 is 1.39 bits per heavy atom. The number of carbonyl (C=O) groups excluding carboxylic acids is 2. The van der Waals surface area contributed by atoms with Crippen molar-refractivity contribution in [3.05, 3.63) is 158 Å². The molecule has 8 rings (SSSR count). The van der Waals surface area contributed by atoms with Gasteiger partial charge in [0.05, 0.1) is 52.0 Å². The van der Waals surface area contributed by atoms with Crippen LogP contribution in [0.4, 0.5) is 32.0 Å². The minimum Gasteiger partial charge on any atom is -0.504 e. The number of benzene rings is 5. The first kappa shape index (κ1) is 50.2. The van der Waals surface area contributed by atoms with Crippen LogP contribution in [0.1, 0.15) is 62.3 Å². The molecule has 4 atom stereocenters. The number of amides is 2. The van der Waals surface area contributed by atoms with E-state index in [0.717, 1.165) is 27.1 Å². The van der Waals surface area contributed by atoms with Gasteiger partial charge in [0.1, 0.15) is 0 Å². The van der Waals surface area contributed by atoms with Crippen molar-refractivity contribution in [2.45, 2.75) is 69.8 Å². The highest BCUT2D eigenvalue weighted by Gasteiger charge is 2.59.